The van der Waals surface area contributed by atoms with Gasteiger partial charge in [-0.2, -0.15) is 5.10 Å². The van der Waals surface area contributed by atoms with Crippen molar-refractivity contribution in [1.82, 2.24) is 15.1 Å². The molecule has 0 saturated carbocycles. The van der Waals surface area contributed by atoms with Crippen LogP contribution >= 0.6 is 0 Å². The molecule has 5 rings (SSSR count). The van der Waals surface area contributed by atoms with Crippen LogP contribution in [0, 0.1) is 5.41 Å². The van der Waals surface area contributed by atoms with Gasteiger partial charge in [0.15, 0.2) is 5.82 Å². The Morgan fingerprint density at radius 2 is 1.73 bits per heavy atom. The summed E-state index contributed by atoms with van der Waals surface area (Å²) in [5.74, 6) is 1.25. The molecule has 2 aromatic carbocycles. The highest BCUT2D eigenvalue weighted by Gasteiger charge is 2.48. The molecule has 156 valence electrons. The third kappa shape index (κ3) is 2.82. The van der Waals surface area contributed by atoms with Gasteiger partial charge in [0.05, 0.1) is 17.0 Å². The van der Waals surface area contributed by atoms with Crippen LogP contribution in [0.25, 0.3) is 10.9 Å². The number of hydrogen-bond donors (Lipinski definition) is 1. The zero-order chi connectivity index (χ0) is 20.9. The standard InChI is InChI=1S/C24H29N5O/c1-4-29-20-12-8-6-10-18(20)21(24(2,3)23(29)30)27-13-15-28(16-14-27)22-17-9-5-7-11-19(17)25-26-22/h5-12,21H,4,13-16H2,1-3H3,(H,25,26). The van der Waals surface area contributed by atoms with Crippen LogP contribution in [-0.2, 0) is 4.79 Å². The number of H-pyrrole nitrogens is 1. The Morgan fingerprint density at radius 3 is 2.50 bits per heavy atom. The van der Waals surface area contributed by atoms with Gasteiger partial charge in [0, 0.05) is 43.8 Å². The summed E-state index contributed by atoms with van der Waals surface area (Å²) in [6.07, 6.45) is 0. The fourth-order valence-corrected chi connectivity index (χ4v) is 5.28. The first-order valence-corrected chi connectivity index (χ1v) is 10.9. The molecule has 2 aliphatic heterocycles. The first-order valence-electron chi connectivity index (χ1n) is 10.9. The van der Waals surface area contributed by atoms with Crippen molar-refractivity contribution < 1.29 is 4.79 Å². The summed E-state index contributed by atoms with van der Waals surface area (Å²) < 4.78 is 0. The summed E-state index contributed by atoms with van der Waals surface area (Å²) in [6.45, 7) is 10.6. The van der Waals surface area contributed by atoms with Crippen LogP contribution in [-0.4, -0.2) is 53.7 Å². The van der Waals surface area contributed by atoms with E-state index in [1.165, 1.54) is 10.9 Å². The van der Waals surface area contributed by atoms with E-state index >= 15 is 0 Å². The molecule has 0 spiro atoms. The van der Waals surface area contributed by atoms with Crippen molar-refractivity contribution >= 4 is 28.3 Å². The Kier molecular flexibility index (Phi) is 4.54. The third-order valence-electron chi connectivity index (χ3n) is 6.75. The smallest absolute Gasteiger partial charge is 0.234 e. The van der Waals surface area contributed by atoms with Crippen LogP contribution in [0.5, 0.6) is 0 Å². The van der Waals surface area contributed by atoms with Crippen LogP contribution in [0.2, 0.25) is 0 Å². The average Bonchev–Trinajstić information content (AvgIpc) is 3.19. The van der Waals surface area contributed by atoms with Crippen molar-refractivity contribution in [2.45, 2.75) is 26.8 Å². The maximum atomic E-state index is 13.4. The fraction of sp³-hybridized carbons (Fsp3) is 0.417. The van der Waals surface area contributed by atoms with E-state index in [0.29, 0.717) is 6.54 Å². The molecule has 0 bridgehead atoms. The van der Waals surface area contributed by atoms with Crippen LogP contribution in [0.15, 0.2) is 48.5 Å². The number of para-hydroxylation sites is 2. The molecule has 3 heterocycles. The minimum Gasteiger partial charge on any atom is -0.352 e. The normalized spacial score (nSPS) is 21.8. The van der Waals surface area contributed by atoms with Gasteiger partial charge in [-0.25, -0.2) is 0 Å². The molecule has 1 N–H and O–H groups in total. The first-order chi connectivity index (χ1) is 14.5. The highest BCUT2D eigenvalue weighted by molar-refractivity contribution is 6.01. The van der Waals surface area contributed by atoms with Crippen LogP contribution in [0.1, 0.15) is 32.4 Å². The number of aromatic nitrogens is 2. The molecular formula is C24H29N5O. The van der Waals surface area contributed by atoms with E-state index in [0.717, 1.165) is 43.2 Å². The predicted octanol–water partition coefficient (Wildman–Crippen LogP) is 3.82. The van der Waals surface area contributed by atoms with E-state index in [1.54, 1.807) is 0 Å². The number of nitrogens with zero attached hydrogens (tertiary/aromatic N) is 4. The second kappa shape index (κ2) is 7.13. The molecule has 0 aliphatic carbocycles. The quantitative estimate of drug-likeness (QED) is 0.722. The monoisotopic (exact) mass is 403 g/mol. The number of nitrogens with one attached hydrogen (secondary N) is 1. The Bertz CT molecular complexity index is 1080. The van der Waals surface area contributed by atoms with Gasteiger partial charge in [0.2, 0.25) is 5.91 Å². The number of amides is 1. The van der Waals surface area contributed by atoms with Gasteiger partial charge in [0.1, 0.15) is 0 Å². The fourth-order valence-electron chi connectivity index (χ4n) is 5.28. The molecule has 0 radical (unpaired) electrons. The van der Waals surface area contributed by atoms with E-state index in [9.17, 15) is 4.79 Å². The molecule has 3 aromatic rings. The minimum atomic E-state index is -0.467. The van der Waals surface area contributed by atoms with Crippen LogP contribution in [0.3, 0.4) is 0 Å². The van der Waals surface area contributed by atoms with E-state index < -0.39 is 5.41 Å². The van der Waals surface area contributed by atoms with Gasteiger partial charge < -0.3 is 9.80 Å². The van der Waals surface area contributed by atoms with Gasteiger partial charge >= 0.3 is 0 Å². The molecular weight excluding hydrogens is 374 g/mol. The van der Waals surface area contributed by atoms with E-state index in [2.05, 4.69) is 77.2 Å². The molecule has 1 atom stereocenters. The Hall–Kier alpha value is -2.86. The van der Waals surface area contributed by atoms with Gasteiger partial charge in [-0.1, -0.05) is 30.3 Å². The van der Waals surface area contributed by atoms with E-state index in [-0.39, 0.29) is 11.9 Å². The predicted molar refractivity (Wildman–Crippen MR) is 121 cm³/mol. The summed E-state index contributed by atoms with van der Waals surface area (Å²) in [7, 11) is 0. The Balaban J connectivity index is 1.43. The van der Waals surface area contributed by atoms with Gasteiger partial charge in [-0.15, -0.1) is 0 Å². The minimum absolute atomic E-state index is 0.0853. The molecule has 1 saturated heterocycles. The topological polar surface area (TPSA) is 55.5 Å². The van der Waals surface area contributed by atoms with Crippen molar-refractivity contribution in [2.75, 3.05) is 42.5 Å². The third-order valence-corrected chi connectivity index (χ3v) is 6.75. The molecule has 1 aromatic heterocycles. The molecule has 6 heteroatoms. The number of carbonyl (C=O) groups is 1. The van der Waals surface area contributed by atoms with Crippen molar-refractivity contribution in [3.63, 3.8) is 0 Å². The average molecular weight is 404 g/mol. The Labute approximate surface area is 177 Å². The lowest BCUT2D eigenvalue weighted by molar-refractivity contribution is -0.131. The summed E-state index contributed by atoms with van der Waals surface area (Å²) in [4.78, 5) is 20.2. The first kappa shape index (κ1) is 19.1. The summed E-state index contributed by atoms with van der Waals surface area (Å²) in [5.41, 5.74) is 2.94. The largest absolute Gasteiger partial charge is 0.352 e. The highest BCUT2D eigenvalue weighted by atomic mass is 16.2. The second-order valence-corrected chi connectivity index (χ2v) is 8.85. The summed E-state index contributed by atoms with van der Waals surface area (Å²) in [6, 6.07) is 16.8. The van der Waals surface area contributed by atoms with Crippen molar-refractivity contribution in [3.05, 3.63) is 54.1 Å². The number of aromatic amines is 1. The molecule has 30 heavy (non-hydrogen) atoms. The lowest BCUT2D eigenvalue weighted by Crippen LogP contribution is -2.57. The van der Waals surface area contributed by atoms with Crippen LogP contribution < -0.4 is 9.80 Å². The zero-order valence-corrected chi connectivity index (χ0v) is 17.9. The number of hydrogen-bond acceptors (Lipinski definition) is 4. The van der Waals surface area contributed by atoms with E-state index in [1.807, 2.05) is 17.0 Å². The van der Waals surface area contributed by atoms with Crippen molar-refractivity contribution in [2.24, 2.45) is 5.41 Å². The molecule has 1 unspecified atom stereocenters. The SMILES string of the molecule is CCN1C(=O)C(C)(C)C(N2CCN(c3n[nH]c4ccccc34)CC2)c2ccccc21. The van der Waals surface area contributed by atoms with Gasteiger partial charge in [0.25, 0.3) is 0 Å². The lowest BCUT2D eigenvalue weighted by atomic mass is 9.74. The van der Waals surface area contributed by atoms with Crippen LogP contribution in [0.4, 0.5) is 11.5 Å². The zero-order valence-electron chi connectivity index (χ0n) is 17.9. The number of anilines is 2. The summed E-state index contributed by atoms with van der Waals surface area (Å²) in [5, 5.41) is 8.89. The Morgan fingerprint density at radius 1 is 1.03 bits per heavy atom. The van der Waals surface area contributed by atoms with E-state index in [4.69, 9.17) is 0 Å². The number of benzene rings is 2. The number of carbonyl (C=O) groups excluding carboxylic acids is 1. The second-order valence-electron chi connectivity index (χ2n) is 8.85. The number of fused-ring (bicyclic) bond motifs is 2. The van der Waals surface area contributed by atoms with Crippen molar-refractivity contribution in [1.29, 1.82) is 0 Å². The number of rotatable bonds is 3. The van der Waals surface area contributed by atoms with Crippen molar-refractivity contribution in [3.8, 4) is 0 Å². The molecule has 1 fully saturated rings. The lowest BCUT2D eigenvalue weighted by Gasteiger charge is -2.50. The number of piperazine rings is 1. The highest BCUT2D eigenvalue weighted by Crippen LogP contribution is 2.48. The molecule has 6 nitrogen and oxygen atoms in total. The maximum Gasteiger partial charge on any atom is 0.234 e. The molecule has 1 amide bonds. The van der Waals surface area contributed by atoms with Gasteiger partial charge in [-0.3, -0.25) is 14.8 Å². The maximum absolute atomic E-state index is 13.4. The summed E-state index contributed by atoms with van der Waals surface area (Å²) >= 11 is 0. The molecule has 2 aliphatic rings. The van der Waals surface area contributed by atoms with Gasteiger partial charge in [-0.05, 0) is 44.5 Å².